The van der Waals surface area contributed by atoms with Crippen molar-refractivity contribution in [2.75, 3.05) is 13.1 Å². The number of amides is 1. The van der Waals surface area contributed by atoms with E-state index in [1.807, 2.05) is 4.90 Å². The normalized spacial score (nSPS) is 18.9. The standard InChI is InChI=1S/C14H21N3O2/c1-3-11(4-2)14(18)17-9-7-12(10-17)19-13-6-5-8-15-16-13/h5-6,8,11-12H,3-4,7,9-10H2,1-2H3. The van der Waals surface area contributed by atoms with Gasteiger partial charge in [-0.25, -0.2) is 0 Å². The van der Waals surface area contributed by atoms with Gasteiger partial charge in [0.25, 0.3) is 0 Å². The van der Waals surface area contributed by atoms with Crippen molar-refractivity contribution in [2.45, 2.75) is 39.2 Å². The molecule has 1 unspecified atom stereocenters. The van der Waals surface area contributed by atoms with Gasteiger partial charge in [-0.2, -0.15) is 5.10 Å². The summed E-state index contributed by atoms with van der Waals surface area (Å²) in [6, 6.07) is 3.59. The molecule has 19 heavy (non-hydrogen) atoms. The number of ether oxygens (including phenoxy) is 1. The molecule has 2 heterocycles. The van der Waals surface area contributed by atoms with Gasteiger partial charge in [0.2, 0.25) is 11.8 Å². The van der Waals surface area contributed by atoms with Gasteiger partial charge >= 0.3 is 0 Å². The number of aromatic nitrogens is 2. The fourth-order valence-electron chi connectivity index (χ4n) is 2.44. The number of hydrogen-bond donors (Lipinski definition) is 0. The fraction of sp³-hybridized carbons (Fsp3) is 0.643. The average Bonchev–Trinajstić information content (AvgIpc) is 2.89. The summed E-state index contributed by atoms with van der Waals surface area (Å²) in [5, 5.41) is 7.68. The van der Waals surface area contributed by atoms with Crippen molar-refractivity contribution in [2.24, 2.45) is 5.92 Å². The molecule has 0 aromatic carbocycles. The Balaban J connectivity index is 1.88. The molecule has 0 N–H and O–H groups in total. The van der Waals surface area contributed by atoms with E-state index in [1.165, 1.54) is 0 Å². The molecule has 0 saturated carbocycles. The molecule has 1 aromatic rings. The Labute approximate surface area is 114 Å². The first-order valence-electron chi connectivity index (χ1n) is 6.97. The van der Waals surface area contributed by atoms with Crippen LogP contribution in [-0.2, 0) is 4.79 Å². The lowest BCUT2D eigenvalue weighted by atomic mass is 10.0. The Bertz CT molecular complexity index is 406. The zero-order chi connectivity index (χ0) is 13.7. The molecule has 5 heteroatoms. The number of carbonyl (C=O) groups excluding carboxylic acids is 1. The van der Waals surface area contributed by atoms with Crippen LogP contribution in [0.5, 0.6) is 5.88 Å². The predicted octanol–water partition coefficient (Wildman–Crippen LogP) is 1.89. The molecule has 0 bridgehead atoms. The quantitative estimate of drug-likeness (QED) is 0.814. The zero-order valence-corrected chi connectivity index (χ0v) is 11.6. The third-order valence-corrected chi connectivity index (χ3v) is 3.63. The lowest BCUT2D eigenvalue weighted by molar-refractivity contribution is -0.134. The summed E-state index contributed by atoms with van der Waals surface area (Å²) in [6.45, 7) is 5.57. The highest BCUT2D eigenvalue weighted by Gasteiger charge is 2.30. The average molecular weight is 263 g/mol. The maximum Gasteiger partial charge on any atom is 0.233 e. The fourth-order valence-corrected chi connectivity index (χ4v) is 2.44. The second-order valence-corrected chi connectivity index (χ2v) is 4.89. The summed E-state index contributed by atoms with van der Waals surface area (Å²) in [5.74, 6) is 0.940. The molecule has 1 saturated heterocycles. The Hall–Kier alpha value is -1.65. The van der Waals surface area contributed by atoms with E-state index in [4.69, 9.17) is 4.74 Å². The summed E-state index contributed by atoms with van der Waals surface area (Å²) in [5.41, 5.74) is 0. The molecule has 0 radical (unpaired) electrons. The number of nitrogens with zero attached hydrogens (tertiary/aromatic N) is 3. The molecular formula is C14H21N3O2. The van der Waals surface area contributed by atoms with Crippen LogP contribution >= 0.6 is 0 Å². The number of carbonyl (C=O) groups is 1. The van der Waals surface area contributed by atoms with Gasteiger partial charge < -0.3 is 9.64 Å². The second-order valence-electron chi connectivity index (χ2n) is 4.89. The SMILES string of the molecule is CCC(CC)C(=O)N1CCC(Oc2cccnn2)C1. The summed E-state index contributed by atoms with van der Waals surface area (Å²) >= 11 is 0. The van der Waals surface area contributed by atoms with Gasteiger partial charge in [0.15, 0.2) is 0 Å². The van der Waals surface area contributed by atoms with Crippen molar-refractivity contribution in [3.63, 3.8) is 0 Å². The molecule has 0 aliphatic carbocycles. The first-order chi connectivity index (χ1) is 9.24. The van der Waals surface area contributed by atoms with Crippen molar-refractivity contribution >= 4 is 5.91 Å². The predicted molar refractivity (Wildman–Crippen MR) is 71.7 cm³/mol. The monoisotopic (exact) mass is 263 g/mol. The molecule has 2 rings (SSSR count). The molecule has 5 nitrogen and oxygen atoms in total. The maximum atomic E-state index is 12.2. The van der Waals surface area contributed by atoms with Crippen molar-refractivity contribution < 1.29 is 9.53 Å². The summed E-state index contributed by atoms with van der Waals surface area (Å²) in [7, 11) is 0. The van der Waals surface area contributed by atoms with Gasteiger partial charge in [-0.3, -0.25) is 4.79 Å². The van der Waals surface area contributed by atoms with Crippen LogP contribution in [0.25, 0.3) is 0 Å². The van der Waals surface area contributed by atoms with Crippen LogP contribution < -0.4 is 4.74 Å². The molecule has 1 aliphatic rings. The number of hydrogen-bond acceptors (Lipinski definition) is 4. The Morgan fingerprint density at radius 2 is 2.32 bits per heavy atom. The molecule has 1 amide bonds. The highest BCUT2D eigenvalue weighted by atomic mass is 16.5. The van der Waals surface area contributed by atoms with E-state index in [2.05, 4.69) is 24.0 Å². The zero-order valence-electron chi connectivity index (χ0n) is 11.6. The smallest absolute Gasteiger partial charge is 0.233 e. The minimum absolute atomic E-state index is 0.0370. The van der Waals surface area contributed by atoms with Gasteiger partial charge in [0, 0.05) is 31.1 Å². The highest BCUT2D eigenvalue weighted by Crippen LogP contribution is 2.20. The molecular weight excluding hydrogens is 242 g/mol. The molecule has 1 fully saturated rings. The van der Waals surface area contributed by atoms with Crippen molar-refractivity contribution in [3.8, 4) is 5.88 Å². The van der Waals surface area contributed by atoms with Crippen LogP contribution in [0.2, 0.25) is 0 Å². The summed E-state index contributed by atoms with van der Waals surface area (Å²) in [6.07, 6.45) is 4.32. The minimum atomic E-state index is 0.0370. The first-order valence-corrected chi connectivity index (χ1v) is 6.97. The molecule has 104 valence electrons. The van der Waals surface area contributed by atoms with E-state index < -0.39 is 0 Å². The molecule has 1 atom stereocenters. The van der Waals surface area contributed by atoms with Crippen LogP contribution in [-0.4, -0.2) is 40.2 Å². The van der Waals surface area contributed by atoms with Crippen LogP contribution in [0.15, 0.2) is 18.3 Å². The third-order valence-electron chi connectivity index (χ3n) is 3.63. The number of likely N-dealkylation sites (tertiary alicyclic amines) is 1. The van der Waals surface area contributed by atoms with Crippen LogP contribution in [0.3, 0.4) is 0 Å². The molecule has 1 aromatic heterocycles. The van der Waals surface area contributed by atoms with Gasteiger partial charge in [-0.1, -0.05) is 13.8 Å². The first kappa shape index (κ1) is 13.8. The largest absolute Gasteiger partial charge is 0.471 e. The van der Waals surface area contributed by atoms with Crippen LogP contribution in [0.1, 0.15) is 33.1 Å². The van der Waals surface area contributed by atoms with Gasteiger partial charge in [-0.05, 0) is 18.9 Å². The Kier molecular flexibility index (Phi) is 4.71. The van der Waals surface area contributed by atoms with Crippen LogP contribution in [0, 0.1) is 5.92 Å². The van der Waals surface area contributed by atoms with E-state index in [-0.39, 0.29) is 17.9 Å². The Morgan fingerprint density at radius 1 is 1.53 bits per heavy atom. The van der Waals surface area contributed by atoms with E-state index in [0.29, 0.717) is 12.4 Å². The lowest BCUT2D eigenvalue weighted by Gasteiger charge is -2.21. The van der Waals surface area contributed by atoms with Gasteiger partial charge in [-0.15, -0.1) is 5.10 Å². The van der Waals surface area contributed by atoms with Crippen molar-refractivity contribution in [3.05, 3.63) is 18.3 Å². The Morgan fingerprint density at radius 3 is 2.95 bits per heavy atom. The lowest BCUT2D eigenvalue weighted by Crippen LogP contribution is -2.35. The molecule has 1 aliphatic heterocycles. The van der Waals surface area contributed by atoms with E-state index in [1.54, 1.807) is 18.3 Å². The van der Waals surface area contributed by atoms with E-state index in [0.717, 1.165) is 25.8 Å². The minimum Gasteiger partial charge on any atom is -0.471 e. The van der Waals surface area contributed by atoms with Crippen molar-refractivity contribution in [1.82, 2.24) is 15.1 Å². The topological polar surface area (TPSA) is 55.3 Å². The van der Waals surface area contributed by atoms with Gasteiger partial charge in [0.05, 0.1) is 6.54 Å². The summed E-state index contributed by atoms with van der Waals surface area (Å²) < 4.78 is 5.74. The summed E-state index contributed by atoms with van der Waals surface area (Å²) in [4.78, 5) is 14.2. The molecule has 0 spiro atoms. The maximum absolute atomic E-state index is 12.2. The third kappa shape index (κ3) is 3.43. The van der Waals surface area contributed by atoms with Gasteiger partial charge in [0.1, 0.15) is 6.10 Å². The van der Waals surface area contributed by atoms with Crippen LogP contribution in [0.4, 0.5) is 0 Å². The highest BCUT2D eigenvalue weighted by molar-refractivity contribution is 5.79. The van der Waals surface area contributed by atoms with E-state index in [9.17, 15) is 4.79 Å². The second kappa shape index (κ2) is 6.50. The van der Waals surface area contributed by atoms with E-state index >= 15 is 0 Å². The van der Waals surface area contributed by atoms with Crippen molar-refractivity contribution in [1.29, 1.82) is 0 Å². The number of rotatable bonds is 5.